The van der Waals surface area contributed by atoms with Gasteiger partial charge in [-0.1, -0.05) is 11.3 Å². The molecule has 7 heteroatoms. The van der Waals surface area contributed by atoms with Crippen molar-refractivity contribution < 1.29 is 13.6 Å². The number of nitrogens with one attached hydrogen (secondary N) is 1. The van der Waals surface area contributed by atoms with Crippen LogP contribution in [0, 0.1) is 11.6 Å². The van der Waals surface area contributed by atoms with Crippen molar-refractivity contribution in [1.82, 2.24) is 4.98 Å². The van der Waals surface area contributed by atoms with E-state index in [1.54, 1.807) is 13.8 Å². The zero-order valence-corrected chi connectivity index (χ0v) is 10.6. The minimum atomic E-state index is -1.05. The van der Waals surface area contributed by atoms with Gasteiger partial charge < -0.3 is 11.1 Å². The van der Waals surface area contributed by atoms with Gasteiger partial charge in [0.25, 0.3) is 0 Å². The standard InChI is InChI=1S/C11H11F2N3OS/c1-11(2,14)9(17)16-10-15-7-3-5(12)6(13)4-8(7)18-10/h3-4H,14H2,1-2H3,(H,15,16,17). The second-order valence-corrected chi connectivity index (χ2v) is 5.46. The number of carbonyl (C=O) groups is 1. The largest absolute Gasteiger partial charge is 0.318 e. The van der Waals surface area contributed by atoms with Crippen LogP contribution in [-0.2, 0) is 4.79 Å². The quantitative estimate of drug-likeness (QED) is 0.880. The molecule has 0 radical (unpaired) electrons. The van der Waals surface area contributed by atoms with Gasteiger partial charge in [-0.3, -0.25) is 4.79 Å². The number of anilines is 1. The average molecular weight is 271 g/mol. The number of nitrogens with zero attached hydrogens (tertiary/aromatic N) is 1. The molecule has 4 nitrogen and oxygen atoms in total. The highest BCUT2D eigenvalue weighted by Gasteiger charge is 2.23. The Morgan fingerprint density at radius 3 is 2.61 bits per heavy atom. The Hall–Kier alpha value is -1.60. The van der Waals surface area contributed by atoms with Gasteiger partial charge in [-0.25, -0.2) is 13.8 Å². The number of benzene rings is 1. The maximum Gasteiger partial charge on any atom is 0.245 e. The van der Waals surface area contributed by atoms with Crippen LogP contribution in [0.4, 0.5) is 13.9 Å². The molecule has 0 fully saturated rings. The second kappa shape index (κ2) is 4.25. The highest BCUT2D eigenvalue weighted by atomic mass is 32.1. The molecule has 0 aliphatic carbocycles. The van der Waals surface area contributed by atoms with Crippen molar-refractivity contribution in [3.8, 4) is 0 Å². The summed E-state index contributed by atoms with van der Waals surface area (Å²) in [4.78, 5) is 15.6. The highest BCUT2D eigenvalue weighted by Crippen LogP contribution is 2.28. The Kier molecular flexibility index (Phi) is 3.04. The fourth-order valence-electron chi connectivity index (χ4n) is 1.24. The summed E-state index contributed by atoms with van der Waals surface area (Å²) in [6.45, 7) is 3.10. The van der Waals surface area contributed by atoms with E-state index in [-0.39, 0.29) is 5.13 Å². The van der Waals surface area contributed by atoms with Crippen LogP contribution in [0.3, 0.4) is 0 Å². The van der Waals surface area contributed by atoms with E-state index in [1.807, 2.05) is 0 Å². The molecule has 3 N–H and O–H groups in total. The Bertz CT molecular complexity index is 580. The third-order valence-corrected chi connectivity index (χ3v) is 3.17. The number of hydrogen-bond donors (Lipinski definition) is 2. The van der Waals surface area contributed by atoms with Crippen molar-refractivity contribution in [2.45, 2.75) is 19.4 Å². The zero-order chi connectivity index (χ0) is 13.5. The summed E-state index contributed by atoms with van der Waals surface area (Å²) in [5.74, 6) is -2.32. The molecule has 96 valence electrons. The van der Waals surface area contributed by atoms with E-state index in [9.17, 15) is 13.6 Å². The van der Waals surface area contributed by atoms with E-state index in [0.717, 1.165) is 23.5 Å². The number of halogens is 2. The molecule has 1 amide bonds. The SMILES string of the molecule is CC(C)(N)C(=O)Nc1nc2cc(F)c(F)cc2s1. The third kappa shape index (κ3) is 2.46. The van der Waals surface area contributed by atoms with Gasteiger partial charge in [0.1, 0.15) is 0 Å². The average Bonchev–Trinajstić information content (AvgIpc) is 2.59. The molecule has 0 spiro atoms. The van der Waals surface area contributed by atoms with Gasteiger partial charge in [0.2, 0.25) is 5.91 Å². The van der Waals surface area contributed by atoms with E-state index in [2.05, 4.69) is 10.3 Å². The van der Waals surface area contributed by atoms with Gasteiger partial charge in [0.05, 0.1) is 15.8 Å². The number of aromatic nitrogens is 1. The fourth-order valence-corrected chi connectivity index (χ4v) is 2.10. The monoisotopic (exact) mass is 271 g/mol. The lowest BCUT2D eigenvalue weighted by Crippen LogP contribution is -2.45. The molecule has 18 heavy (non-hydrogen) atoms. The van der Waals surface area contributed by atoms with Gasteiger partial charge >= 0.3 is 0 Å². The number of fused-ring (bicyclic) bond motifs is 1. The molecular formula is C11H11F2N3OS. The van der Waals surface area contributed by atoms with E-state index >= 15 is 0 Å². The molecule has 1 aromatic heterocycles. The topological polar surface area (TPSA) is 68.0 Å². The van der Waals surface area contributed by atoms with Crippen molar-refractivity contribution in [2.24, 2.45) is 5.73 Å². The van der Waals surface area contributed by atoms with Crippen LogP contribution in [0.25, 0.3) is 10.2 Å². The summed E-state index contributed by atoms with van der Waals surface area (Å²) in [5, 5.41) is 2.77. The van der Waals surface area contributed by atoms with Crippen LogP contribution in [0.15, 0.2) is 12.1 Å². The number of thiazole rings is 1. The Morgan fingerprint density at radius 1 is 1.39 bits per heavy atom. The summed E-state index contributed by atoms with van der Waals surface area (Å²) in [6, 6.07) is 2.04. The first-order valence-corrected chi connectivity index (χ1v) is 5.95. The summed E-state index contributed by atoms with van der Waals surface area (Å²) in [5.41, 5.74) is 4.86. The number of nitrogens with two attached hydrogens (primary N) is 1. The maximum absolute atomic E-state index is 13.0. The molecule has 2 rings (SSSR count). The summed E-state index contributed by atoms with van der Waals surface area (Å²) in [6.07, 6.45) is 0. The molecule has 1 aromatic carbocycles. The van der Waals surface area contributed by atoms with Crippen LogP contribution in [0.1, 0.15) is 13.8 Å². The molecule has 0 unspecified atom stereocenters. The molecule has 1 heterocycles. The minimum Gasteiger partial charge on any atom is -0.318 e. The predicted octanol–water partition coefficient (Wildman–Crippen LogP) is 2.25. The number of carbonyl (C=O) groups excluding carboxylic acids is 1. The first kappa shape index (κ1) is 12.8. The lowest BCUT2D eigenvalue weighted by atomic mass is 10.1. The molecule has 2 aromatic rings. The first-order valence-electron chi connectivity index (χ1n) is 5.13. The maximum atomic E-state index is 13.0. The number of amides is 1. The Balaban J connectivity index is 2.34. The van der Waals surface area contributed by atoms with Crippen molar-refractivity contribution in [2.75, 3.05) is 5.32 Å². The number of rotatable bonds is 2. The van der Waals surface area contributed by atoms with Gasteiger partial charge in [0.15, 0.2) is 16.8 Å². The normalized spacial score (nSPS) is 11.8. The van der Waals surface area contributed by atoms with E-state index in [1.165, 1.54) is 0 Å². The molecular weight excluding hydrogens is 260 g/mol. The molecule has 0 atom stereocenters. The summed E-state index contributed by atoms with van der Waals surface area (Å²) >= 11 is 1.06. The molecule has 0 bridgehead atoms. The van der Waals surface area contributed by atoms with Gasteiger partial charge in [-0.05, 0) is 19.9 Å². The summed E-state index contributed by atoms with van der Waals surface area (Å²) in [7, 11) is 0. The van der Waals surface area contributed by atoms with Gasteiger partial charge in [0, 0.05) is 6.07 Å². The van der Waals surface area contributed by atoms with E-state index in [0.29, 0.717) is 10.2 Å². The second-order valence-electron chi connectivity index (χ2n) is 4.43. The molecule has 0 saturated carbocycles. The van der Waals surface area contributed by atoms with Crippen molar-refractivity contribution >= 4 is 32.6 Å². The van der Waals surface area contributed by atoms with Crippen LogP contribution < -0.4 is 11.1 Å². The van der Waals surface area contributed by atoms with Crippen molar-refractivity contribution in [1.29, 1.82) is 0 Å². The lowest BCUT2D eigenvalue weighted by molar-refractivity contribution is -0.120. The first-order chi connectivity index (χ1) is 8.27. The third-order valence-electron chi connectivity index (χ3n) is 2.24. The van der Waals surface area contributed by atoms with E-state index in [4.69, 9.17) is 5.73 Å². The van der Waals surface area contributed by atoms with Crippen molar-refractivity contribution in [3.63, 3.8) is 0 Å². The predicted molar refractivity (Wildman–Crippen MR) is 66.4 cm³/mol. The lowest BCUT2D eigenvalue weighted by Gasteiger charge is -2.15. The minimum absolute atomic E-state index is 0.263. The molecule has 0 saturated heterocycles. The van der Waals surface area contributed by atoms with Crippen LogP contribution in [0.2, 0.25) is 0 Å². The fraction of sp³-hybridized carbons (Fsp3) is 0.273. The smallest absolute Gasteiger partial charge is 0.245 e. The van der Waals surface area contributed by atoms with E-state index < -0.39 is 23.1 Å². The van der Waals surface area contributed by atoms with Gasteiger partial charge in [-0.2, -0.15) is 0 Å². The van der Waals surface area contributed by atoms with Crippen molar-refractivity contribution in [3.05, 3.63) is 23.8 Å². The van der Waals surface area contributed by atoms with Crippen LogP contribution >= 0.6 is 11.3 Å². The highest BCUT2D eigenvalue weighted by molar-refractivity contribution is 7.22. The molecule has 0 aliphatic rings. The Labute approximate surface area is 106 Å². The molecule has 0 aliphatic heterocycles. The number of hydrogen-bond acceptors (Lipinski definition) is 4. The summed E-state index contributed by atoms with van der Waals surface area (Å²) < 4.78 is 26.5. The van der Waals surface area contributed by atoms with Crippen LogP contribution in [0.5, 0.6) is 0 Å². The van der Waals surface area contributed by atoms with Gasteiger partial charge in [-0.15, -0.1) is 0 Å². The zero-order valence-electron chi connectivity index (χ0n) is 9.75. The van der Waals surface area contributed by atoms with Crippen LogP contribution in [-0.4, -0.2) is 16.4 Å². The Morgan fingerprint density at radius 2 is 2.00 bits per heavy atom.